The van der Waals surface area contributed by atoms with E-state index in [1.54, 1.807) is 0 Å². The molecule has 1 nitrogen and oxygen atoms in total. The molecule has 1 radical (unpaired) electrons. The van der Waals surface area contributed by atoms with Crippen LogP contribution in [0.3, 0.4) is 0 Å². The molecule has 0 bridgehead atoms. The lowest BCUT2D eigenvalue weighted by atomic mass is 9.93. The van der Waals surface area contributed by atoms with Gasteiger partial charge in [0.25, 0.3) is 0 Å². The van der Waals surface area contributed by atoms with Gasteiger partial charge in [-0.25, -0.2) is 0 Å². The van der Waals surface area contributed by atoms with Crippen LogP contribution < -0.4 is 0 Å². The molecular formula is C8H12N. The Bertz CT molecular complexity index is 167. The van der Waals surface area contributed by atoms with Gasteiger partial charge >= 0.3 is 0 Å². The van der Waals surface area contributed by atoms with E-state index in [1.165, 1.54) is 5.69 Å². The first kappa shape index (κ1) is 6.40. The van der Waals surface area contributed by atoms with Gasteiger partial charge in [-0.2, -0.15) is 0 Å². The van der Waals surface area contributed by atoms with E-state index in [0.29, 0.717) is 0 Å². The predicted molar refractivity (Wildman–Crippen MR) is 38.3 cm³/mol. The number of rotatable bonds is 0. The molecule has 1 aromatic rings. The summed E-state index contributed by atoms with van der Waals surface area (Å²) >= 11 is 0. The molecule has 0 aromatic carbocycles. The molecule has 0 fully saturated rings. The standard InChI is InChI=1S/C8H12N/c1-8(2,3)7-5-4-6-9-7/h4,6,9H,1-3H3. The van der Waals surface area contributed by atoms with Crippen molar-refractivity contribution >= 4 is 0 Å². The molecule has 0 saturated heterocycles. The Morgan fingerprint density at radius 3 is 2.33 bits per heavy atom. The molecule has 0 unspecified atom stereocenters. The second-order valence-corrected chi connectivity index (χ2v) is 3.25. The highest BCUT2D eigenvalue weighted by molar-refractivity contribution is 5.11. The molecule has 1 rings (SSSR count). The van der Waals surface area contributed by atoms with Crippen molar-refractivity contribution < 1.29 is 0 Å². The molecule has 1 aromatic heterocycles. The van der Waals surface area contributed by atoms with Gasteiger partial charge in [-0.3, -0.25) is 0 Å². The van der Waals surface area contributed by atoms with Crippen LogP contribution >= 0.6 is 0 Å². The van der Waals surface area contributed by atoms with Gasteiger partial charge in [0.2, 0.25) is 0 Å². The maximum absolute atomic E-state index is 3.12. The number of hydrogen-bond acceptors (Lipinski definition) is 0. The average molecular weight is 122 g/mol. The van der Waals surface area contributed by atoms with Gasteiger partial charge in [0, 0.05) is 23.4 Å². The van der Waals surface area contributed by atoms with Crippen LogP contribution in [0.15, 0.2) is 12.3 Å². The maximum Gasteiger partial charge on any atom is 0.0281 e. The zero-order valence-electron chi connectivity index (χ0n) is 6.15. The maximum atomic E-state index is 3.12. The first-order valence-corrected chi connectivity index (χ1v) is 3.16. The summed E-state index contributed by atoms with van der Waals surface area (Å²) in [5.41, 5.74) is 1.38. The third-order valence-electron chi connectivity index (χ3n) is 1.29. The van der Waals surface area contributed by atoms with Crippen molar-refractivity contribution in [3.05, 3.63) is 24.0 Å². The fourth-order valence-electron chi connectivity index (χ4n) is 0.725. The van der Waals surface area contributed by atoms with E-state index in [2.05, 4.69) is 31.8 Å². The van der Waals surface area contributed by atoms with Gasteiger partial charge in [-0.15, -0.1) is 0 Å². The predicted octanol–water partition coefficient (Wildman–Crippen LogP) is 2.11. The van der Waals surface area contributed by atoms with Gasteiger partial charge in [0.1, 0.15) is 0 Å². The largest absolute Gasteiger partial charge is 0.364 e. The van der Waals surface area contributed by atoms with Crippen molar-refractivity contribution in [2.24, 2.45) is 0 Å². The van der Waals surface area contributed by atoms with E-state index in [-0.39, 0.29) is 5.41 Å². The van der Waals surface area contributed by atoms with Gasteiger partial charge in [0.15, 0.2) is 0 Å². The molecule has 0 saturated carbocycles. The molecule has 9 heavy (non-hydrogen) atoms. The molecule has 49 valence electrons. The lowest BCUT2D eigenvalue weighted by molar-refractivity contribution is 0.572. The zero-order valence-corrected chi connectivity index (χ0v) is 6.15. The summed E-state index contributed by atoms with van der Waals surface area (Å²) in [5, 5.41) is 0. The highest BCUT2D eigenvalue weighted by Crippen LogP contribution is 2.18. The first-order chi connectivity index (χ1) is 4.11. The highest BCUT2D eigenvalue weighted by atomic mass is 14.7. The topological polar surface area (TPSA) is 15.8 Å². The van der Waals surface area contributed by atoms with Crippen LogP contribution in [0, 0.1) is 6.07 Å². The van der Waals surface area contributed by atoms with Crippen molar-refractivity contribution in [3.63, 3.8) is 0 Å². The highest BCUT2D eigenvalue weighted by Gasteiger charge is 2.13. The average Bonchev–Trinajstić information content (AvgIpc) is 2.08. The minimum Gasteiger partial charge on any atom is -0.364 e. The van der Waals surface area contributed by atoms with Crippen LogP contribution in [0.25, 0.3) is 0 Å². The van der Waals surface area contributed by atoms with Crippen LogP contribution in [0.4, 0.5) is 0 Å². The lowest BCUT2D eigenvalue weighted by Crippen LogP contribution is -2.11. The smallest absolute Gasteiger partial charge is 0.0281 e. The van der Waals surface area contributed by atoms with E-state index in [9.17, 15) is 0 Å². The van der Waals surface area contributed by atoms with Crippen LogP contribution in [0.5, 0.6) is 0 Å². The van der Waals surface area contributed by atoms with Gasteiger partial charge < -0.3 is 4.98 Å². The number of hydrogen-bond donors (Lipinski definition) is 1. The monoisotopic (exact) mass is 122 g/mol. The Balaban J connectivity index is 2.90. The normalized spacial score (nSPS) is 11.9. The van der Waals surface area contributed by atoms with E-state index < -0.39 is 0 Å². The molecule has 1 N–H and O–H groups in total. The Hall–Kier alpha value is -0.720. The summed E-state index contributed by atoms with van der Waals surface area (Å²) in [6, 6.07) is 5.02. The molecule has 0 spiro atoms. The quantitative estimate of drug-likeness (QED) is 0.542. The van der Waals surface area contributed by atoms with Crippen molar-refractivity contribution in [2.75, 3.05) is 0 Å². The van der Waals surface area contributed by atoms with Crippen molar-refractivity contribution in [1.29, 1.82) is 0 Å². The number of H-pyrrole nitrogens is 1. The zero-order chi connectivity index (χ0) is 6.91. The molecule has 1 heteroatoms. The summed E-state index contributed by atoms with van der Waals surface area (Å²) in [6.07, 6.45) is 1.90. The van der Waals surface area contributed by atoms with Gasteiger partial charge in [-0.1, -0.05) is 20.8 Å². The second-order valence-electron chi connectivity index (χ2n) is 3.25. The Kier molecular flexibility index (Phi) is 1.35. The Labute approximate surface area is 56.1 Å². The summed E-state index contributed by atoms with van der Waals surface area (Å²) in [6.45, 7) is 6.49. The lowest BCUT2D eigenvalue weighted by Gasteiger charge is -2.15. The molecule has 0 aliphatic rings. The summed E-state index contributed by atoms with van der Waals surface area (Å²) in [5.74, 6) is 0. The number of aromatic nitrogens is 1. The van der Waals surface area contributed by atoms with E-state index in [4.69, 9.17) is 0 Å². The van der Waals surface area contributed by atoms with Crippen molar-refractivity contribution in [2.45, 2.75) is 26.2 Å². The number of aromatic amines is 1. The summed E-state index contributed by atoms with van der Waals surface area (Å²) < 4.78 is 0. The minimum absolute atomic E-state index is 0.212. The van der Waals surface area contributed by atoms with E-state index in [1.807, 2.05) is 12.3 Å². The van der Waals surface area contributed by atoms with E-state index >= 15 is 0 Å². The van der Waals surface area contributed by atoms with Crippen molar-refractivity contribution in [3.8, 4) is 0 Å². The molecule has 0 atom stereocenters. The Morgan fingerprint density at radius 2 is 2.11 bits per heavy atom. The van der Waals surface area contributed by atoms with Crippen molar-refractivity contribution in [1.82, 2.24) is 4.98 Å². The van der Waals surface area contributed by atoms with Gasteiger partial charge in [0.05, 0.1) is 0 Å². The Morgan fingerprint density at radius 1 is 1.44 bits per heavy atom. The summed E-state index contributed by atoms with van der Waals surface area (Å²) in [7, 11) is 0. The molecule has 1 heterocycles. The van der Waals surface area contributed by atoms with Gasteiger partial charge in [-0.05, 0) is 6.07 Å². The van der Waals surface area contributed by atoms with Crippen LogP contribution in [-0.2, 0) is 5.41 Å². The van der Waals surface area contributed by atoms with Crippen LogP contribution in [0.2, 0.25) is 0 Å². The van der Waals surface area contributed by atoms with E-state index in [0.717, 1.165) is 0 Å². The number of nitrogens with one attached hydrogen (secondary N) is 1. The summed E-state index contributed by atoms with van der Waals surface area (Å²) in [4.78, 5) is 3.12. The minimum atomic E-state index is 0.212. The molecule has 0 aliphatic heterocycles. The fourth-order valence-corrected chi connectivity index (χ4v) is 0.725. The fraction of sp³-hybridized carbons (Fsp3) is 0.500. The third-order valence-corrected chi connectivity index (χ3v) is 1.29. The second kappa shape index (κ2) is 1.90. The molecule has 0 amide bonds. The molecule has 0 aliphatic carbocycles. The first-order valence-electron chi connectivity index (χ1n) is 3.16. The molecular weight excluding hydrogens is 110 g/mol. The van der Waals surface area contributed by atoms with Crippen LogP contribution in [-0.4, -0.2) is 4.98 Å². The third kappa shape index (κ3) is 1.35. The van der Waals surface area contributed by atoms with Crippen LogP contribution in [0.1, 0.15) is 26.5 Å². The SMILES string of the molecule is CC(C)(C)c1[c]cc[nH]1.